The molecular formula is C19H24N2O3S. The van der Waals surface area contributed by atoms with Crippen LogP contribution >= 0.6 is 0 Å². The minimum Gasteiger partial charge on any atom is -0.352 e. The largest absolute Gasteiger partial charge is 0.352 e. The van der Waals surface area contributed by atoms with Crippen molar-refractivity contribution in [3.05, 3.63) is 65.7 Å². The lowest BCUT2D eigenvalue weighted by atomic mass is 10.1. The van der Waals surface area contributed by atoms with Crippen LogP contribution in [0, 0.1) is 0 Å². The number of nitrogens with one attached hydrogen (secondary N) is 2. The van der Waals surface area contributed by atoms with Gasteiger partial charge in [0.05, 0.1) is 4.90 Å². The van der Waals surface area contributed by atoms with Gasteiger partial charge in [-0.3, -0.25) is 4.79 Å². The maximum atomic E-state index is 12.2. The van der Waals surface area contributed by atoms with E-state index in [2.05, 4.69) is 10.0 Å². The number of carbonyl (C=O) groups is 1. The highest BCUT2D eigenvalue weighted by molar-refractivity contribution is 7.89. The summed E-state index contributed by atoms with van der Waals surface area (Å²) >= 11 is 0. The topological polar surface area (TPSA) is 75.3 Å². The van der Waals surface area contributed by atoms with Gasteiger partial charge in [0, 0.05) is 18.2 Å². The van der Waals surface area contributed by atoms with E-state index in [1.807, 2.05) is 44.2 Å². The van der Waals surface area contributed by atoms with Crippen LogP contribution in [0.2, 0.25) is 0 Å². The summed E-state index contributed by atoms with van der Waals surface area (Å²) in [6.07, 6.45) is 1.46. The molecule has 0 fully saturated rings. The predicted octanol–water partition coefficient (Wildman–Crippen LogP) is 2.74. The first-order valence-corrected chi connectivity index (χ1v) is 9.85. The molecule has 25 heavy (non-hydrogen) atoms. The zero-order valence-electron chi connectivity index (χ0n) is 14.5. The van der Waals surface area contributed by atoms with Crippen molar-refractivity contribution < 1.29 is 13.2 Å². The van der Waals surface area contributed by atoms with Crippen molar-refractivity contribution in [2.24, 2.45) is 0 Å². The molecule has 0 aliphatic carbocycles. The second-order valence-corrected chi connectivity index (χ2v) is 7.66. The molecule has 1 atom stereocenters. The SMILES string of the molecule is CCC(C)NS(=O)(=O)c1ccc(C(=O)NCCc2ccccc2)cc1. The van der Waals surface area contributed by atoms with Crippen LogP contribution < -0.4 is 10.0 Å². The number of benzene rings is 2. The van der Waals surface area contributed by atoms with Gasteiger partial charge in [0.2, 0.25) is 10.0 Å². The highest BCUT2D eigenvalue weighted by atomic mass is 32.2. The van der Waals surface area contributed by atoms with Gasteiger partial charge in [0.1, 0.15) is 0 Å². The number of hydrogen-bond acceptors (Lipinski definition) is 3. The third kappa shape index (κ3) is 5.69. The quantitative estimate of drug-likeness (QED) is 0.760. The Bertz CT molecular complexity index is 787. The Balaban J connectivity index is 1.93. The summed E-state index contributed by atoms with van der Waals surface area (Å²) in [5, 5.41) is 2.84. The molecule has 134 valence electrons. The lowest BCUT2D eigenvalue weighted by Crippen LogP contribution is -2.32. The first kappa shape index (κ1) is 19.1. The molecule has 2 N–H and O–H groups in total. The zero-order chi connectivity index (χ0) is 18.3. The Morgan fingerprint density at radius 3 is 2.28 bits per heavy atom. The van der Waals surface area contributed by atoms with Gasteiger partial charge in [-0.1, -0.05) is 37.3 Å². The molecule has 2 aromatic carbocycles. The molecule has 0 aliphatic rings. The van der Waals surface area contributed by atoms with E-state index in [9.17, 15) is 13.2 Å². The average molecular weight is 360 g/mol. The molecule has 5 nitrogen and oxygen atoms in total. The van der Waals surface area contributed by atoms with E-state index in [4.69, 9.17) is 0 Å². The molecule has 6 heteroatoms. The molecule has 0 aliphatic heterocycles. The zero-order valence-corrected chi connectivity index (χ0v) is 15.3. The van der Waals surface area contributed by atoms with Gasteiger partial charge in [-0.15, -0.1) is 0 Å². The van der Waals surface area contributed by atoms with E-state index in [-0.39, 0.29) is 16.8 Å². The smallest absolute Gasteiger partial charge is 0.251 e. The normalized spacial score (nSPS) is 12.6. The van der Waals surface area contributed by atoms with Crippen LogP contribution in [0.1, 0.15) is 36.2 Å². The van der Waals surface area contributed by atoms with Crippen LogP contribution in [0.3, 0.4) is 0 Å². The number of hydrogen-bond donors (Lipinski definition) is 2. The Morgan fingerprint density at radius 2 is 1.68 bits per heavy atom. The molecule has 1 unspecified atom stereocenters. The maximum absolute atomic E-state index is 12.2. The Labute approximate surface area is 149 Å². The highest BCUT2D eigenvalue weighted by Gasteiger charge is 2.17. The summed E-state index contributed by atoms with van der Waals surface area (Å²) in [4.78, 5) is 12.3. The molecular weight excluding hydrogens is 336 g/mol. The summed E-state index contributed by atoms with van der Waals surface area (Å²) in [7, 11) is -3.55. The maximum Gasteiger partial charge on any atom is 0.251 e. The van der Waals surface area contributed by atoms with Crippen LogP contribution in [0.15, 0.2) is 59.5 Å². The molecule has 0 aromatic heterocycles. The first-order valence-electron chi connectivity index (χ1n) is 8.37. The van der Waals surface area contributed by atoms with Gasteiger partial charge < -0.3 is 5.32 Å². The van der Waals surface area contributed by atoms with Crippen LogP contribution in [-0.4, -0.2) is 26.9 Å². The van der Waals surface area contributed by atoms with Gasteiger partial charge in [0.15, 0.2) is 0 Å². The van der Waals surface area contributed by atoms with E-state index in [1.165, 1.54) is 24.3 Å². The minimum absolute atomic E-state index is 0.133. The van der Waals surface area contributed by atoms with Gasteiger partial charge in [-0.05, 0) is 49.6 Å². The molecule has 0 bridgehead atoms. The fraction of sp³-hybridized carbons (Fsp3) is 0.316. The average Bonchev–Trinajstić information content (AvgIpc) is 2.62. The van der Waals surface area contributed by atoms with Crippen molar-refractivity contribution in [2.75, 3.05) is 6.54 Å². The summed E-state index contributed by atoms with van der Waals surface area (Å²) < 4.78 is 27.0. The fourth-order valence-electron chi connectivity index (χ4n) is 2.27. The molecule has 2 aromatic rings. The molecule has 0 heterocycles. The van der Waals surface area contributed by atoms with Crippen LogP contribution in [0.5, 0.6) is 0 Å². The van der Waals surface area contributed by atoms with Crippen molar-refractivity contribution in [2.45, 2.75) is 37.6 Å². The fourth-order valence-corrected chi connectivity index (χ4v) is 3.60. The molecule has 0 saturated heterocycles. The van der Waals surface area contributed by atoms with E-state index < -0.39 is 10.0 Å². The second kappa shape index (κ2) is 8.78. The van der Waals surface area contributed by atoms with Gasteiger partial charge in [-0.2, -0.15) is 0 Å². The van der Waals surface area contributed by atoms with Gasteiger partial charge >= 0.3 is 0 Å². The lowest BCUT2D eigenvalue weighted by Gasteiger charge is -2.12. The van der Waals surface area contributed by atoms with Crippen molar-refractivity contribution in [1.82, 2.24) is 10.0 Å². The summed E-state index contributed by atoms with van der Waals surface area (Å²) in [5.41, 5.74) is 1.59. The van der Waals surface area contributed by atoms with Crippen molar-refractivity contribution in [3.63, 3.8) is 0 Å². The van der Waals surface area contributed by atoms with E-state index in [1.54, 1.807) is 0 Å². The predicted molar refractivity (Wildman–Crippen MR) is 99.0 cm³/mol. The van der Waals surface area contributed by atoms with Gasteiger partial charge in [0.25, 0.3) is 5.91 Å². The molecule has 1 amide bonds. The number of amides is 1. The number of rotatable bonds is 8. The molecule has 0 saturated carbocycles. The molecule has 0 radical (unpaired) electrons. The molecule has 2 rings (SSSR count). The second-order valence-electron chi connectivity index (χ2n) is 5.95. The van der Waals surface area contributed by atoms with Crippen molar-refractivity contribution in [1.29, 1.82) is 0 Å². The summed E-state index contributed by atoms with van der Waals surface area (Å²) in [6, 6.07) is 15.7. The number of carbonyl (C=O) groups excluding carboxylic acids is 1. The van der Waals surface area contributed by atoms with Crippen molar-refractivity contribution in [3.8, 4) is 0 Å². The minimum atomic E-state index is -3.55. The van der Waals surface area contributed by atoms with Crippen LogP contribution in [0.25, 0.3) is 0 Å². The third-order valence-electron chi connectivity index (χ3n) is 3.94. The monoisotopic (exact) mass is 360 g/mol. The van der Waals surface area contributed by atoms with Crippen LogP contribution in [0.4, 0.5) is 0 Å². The van der Waals surface area contributed by atoms with E-state index in [0.29, 0.717) is 18.5 Å². The van der Waals surface area contributed by atoms with E-state index in [0.717, 1.165) is 12.0 Å². The first-order chi connectivity index (χ1) is 11.9. The van der Waals surface area contributed by atoms with Gasteiger partial charge in [-0.25, -0.2) is 13.1 Å². The molecule has 0 spiro atoms. The summed E-state index contributed by atoms with van der Waals surface area (Å²) in [6.45, 7) is 4.25. The Morgan fingerprint density at radius 1 is 1.04 bits per heavy atom. The van der Waals surface area contributed by atoms with E-state index >= 15 is 0 Å². The Kier molecular flexibility index (Phi) is 6.73. The van der Waals surface area contributed by atoms with Crippen LogP contribution in [-0.2, 0) is 16.4 Å². The third-order valence-corrected chi connectivity index (χ3v) is 5.54. The highest BCUT2D eigenvalue weighted by Crippen LogP contribution is 2.12. The number of sulfonamides is 1. The standard InChI is InChI=1S/C19H24N2O3S/c1-3-15(2)21-25(23,24)18-11-9-17(10-12-18)19(22)20-14-13-16-7-5-4-6-8-16/h4-12,15,21H,3,13-14H2,1-2H3,(H,20,22). The summed E-state index contributed by atoms with van der Waals surface area (Å²) in [5.74, 6) is -0.213. The van der Waals surface area contributed by atoms with Crippen molar-refractivity contribution >= 4 is 15.9 Å². The Hall–Kier alpha value is -2.18. The lowest BCUT2D eigenvalue weighted by molar-refractivity contribution is 0.0954.